The second-order valence-electron chi connectivity index (χ2n) is 3.58. The number of hydrogen-bond donors (Lipinski definition) is 0. The Morgan fingerprint density at radius 1 is 0.583 bits per heavy atom. The molecule has 0 aliphatic carbocycles. The van der Waals surface area contributed by atoms with Crippen LogP contribution in [-0.4, -0.2) is 25.3 Å². The van der Waals surface area contributed by atoms with Crippen LogP contribution in [0.3, 0.4) is 0 Å². The second kappa shape index (κ2) is 6.63. The fourth-order valence-corrected chi connectivity index (χ4v) is 3.73. The maximum Gasteiger partial charge on any atom is 0.264 e. The summed E-state index contributed by atoms with van der Waals surface area (Å²) in [4.78, 5) is 2.92. The van der Waals surface area contributed by atoms with Crippen molar-refractivity contribution in [3.63, 3.8) is 0 Å². The Balaban J connectivity index is 4.00. The van der Waals surface area contributed by atoms with E-state index in [1.807, 2.05) is 14.7 Å². The van der Waals surface area contributed by atoms with Crippen LogP contribution in [0, 0.1) is 0 Å². The van der Waals surface area contributed by atoms with Gasteiger partial charge in [0, 0.05) is 28.3 Å². The topological polar surface area (TPSA) is 249 Å². The van der Waals surface area contributed by atoms with Crippen molar-refractivity contribution in [3.8, 4) is 0 Å². The molecule has 0 bridgehead atoms. The monoisotopic (exact) mass is 393 g/mol. The van der Waals surface area contributed by atoms with Crippen LogP contribution in [0.25, 0.3) is 31.3 Å². The predicted octanol–water partition coefficient (Wildman–Crippen LogP) is 1.68. The number of sulfonamides is 3. The van der Waals surface area contributed by atoms with E-state index in [9.17, 15) is 25.3 Å². The molecule has 126 valence electrons. The Morgan fingerprint density at radius 2 is 0.792 bits per heavy atom. The van der Waals surface area contributed by atoms with E-state index in [1.54, 1.807) is 0 Å². The largest absolute Gasteiger partial charge is 0.264 e. The van der Waals surface area contributed by atoms with Crippen molar-refractivity contribution in [2.45, 2.75) is 14.7 Å². The fraction of sp³-hybridized carbons (Fsp3) is 0. The average Bonchev–Trinajstić information content (AvgIpc) is 2.46. The Morgan fingerprint density at radius 3 is 0.958 bits per heavy atom. The molecule has 0 aliphatic heterocycles. The highest BCUT2D eigenvalue weighted by Gasteiger charge is 2.24. The van der Waals surface area contributed by atoms with Crippen LogP contribution in [0.2, 0.25) is 0 Å². The quantitative estimate of drug-likeness (QED) is 0.394. The summed E-state index contributed by atoms with van der Waals surface area (Å²) in [6, 6.07) is 1.22. The third kappa shape index (κ3) is 4.05. The van der Waals surface area contributed by atoms with Crippen LogP contribution in [0.15, 0.2) is 46.4 Å². The van der Waals surface area contributed by atoms with Crippen LogP contribution >= 0.6 is 0 Å². The molecule has 0 aromatic heterocycles. The number of azide groups is 3. The van der Waals surface area contributed by atoms with E-state index < -0.39 is 44.8 Å². The van der Waals surface area contributed by atoms with Crippen molar-refractivity contribution in [3.05, 3.63) is 49.5 Å². The van der Waals surface area contributed by atoms with E-state index in [0.717, 1.165) is 0 Å². The lowest BCUT2D eigenvalue weighted by atomic mass is 10.4. The lowest BCUT2D eigenvalue weighted by Gasteiger charge is -2.05. The minimum atomic E-state index is -4.80. The first kappa shape index (κ1) is 19.0. The third-order valence-corrected chi connectivity index (χ3v) is 5.54. The van der Waals surface area contributed by atoms with Crippen LogP contribution in [0.5, 0.6) is 0 Å². The molecule has 0 atom stereocenters. The Bertz CT molecular complexity index is 988. The summed E-state index contributed by atoms with van der Waals surface area (Å²) >= 11 is 0. The Kier molecular flexibility index (Phi) is 5.26. The third-order valence-electron chi connectivity index (χ3n) is 2.18. The minimum Gasteiger partial charge on any atom is -0.216 e. The van der Waals surface area contributed by atoms with Crippen LogP contribution in [0.1, 0.15) is 0 Å². The molecule has 0 radical (unpaired) electrons. The first-order chi connectivity index (χ1) is 11.0. The zero-order chi connectivity index (χ0) is 18.6. The molecule has 0 N–H and O–H groups in total. The number of benzene rings is 1. The molecule has 1 aromatic rings. The fourth-order valence-electron chi connectivity index (χ4n) is 1.28. The molecule has 0 fully saturated rings. The summed E-state index contributed by atoms with van der Waals surface area (Å²) in [5.74, 6) is 0. The molecule has 15 nitrogen and oxygen atoms in total. The van der Waals surface area contributed by atoms with Gasteiger partial charge in [-0.25, -0.2) is 25.3 Å². The van der Waals surface area contributed by atoms with Crippen molar-refractivity contribution < 1.29 is 25.3 Å². The minimum absolute atomic E-state index is 0.406. The lowest BCUT2D eigenvalue weighted by molar-refractivity contribution is 0.593. The average molecular weight is 393 g/mol. The Labute approximate surface area is 133 Å². The van der Waals surface area contributed by atoms with Gasteiger partial charge in [-0.2, -0.15) is 0 Å². The summed E-state index contributed by atoms with van der Waals surface area (Å²) in [7, 11) is -14.4. The van der Waals surface area contributed by atoms with E-state index in [-0.39, 0.29) is 0 Å². The van der Waals surface area contributed by atoms with Gasteiger partial charge in [-0.3, -0.25) is 0 Å². The normalized spacial score (nSPS) is 11.5. The van der Waals surface area contributed by atoms with Crippen molar-refractivity contribution >= 4 is 30.1 Å². The number of hydrogen-bond acceptors (Lipinski definition) is 6. The van der Waals surface area contributed by atoms with Gasteiger partial charge in [0.25, 0.3) is 30.1 Å². The molecule has 0 heterocycles. The van der Waals surface area contributed by atoms with Gasteiger partial charge in [-0.05, 0) is 34.8 Å². The van der Waals surface area contributed by atoms with Crippen molar-refractivity contribution in [1.29, 1.82) is 0 Å². The first-order valence-corrected chi connectivity index (χ1v) is 9.41. The van der Waals surface area contributed by atoms with Gasteiger partial charge in [-0.15, -0.1) is 0 Å². The highest BCUT2D eigenvalue weighted by atomic mass is 32.2. The molecule has 0 unspecified atom stereocenters. The van der Waals surface area contributed by atoms with Crippen molar-refractivity contribution in [1.82, 2.24) is 0 Å². The number of nitrogens with zero attached hydrogens (tertiary/aromatic N) is 9. The van der Waals surface area contributed by atoms with Crippen molar-refractivity contribution in [2.24, 2.45) is 13.6 Å². The highest BCUT2D eigenvalue weighted by Crippen LogP contribution is 2.26. The van der Waals surface area contributed by atoms with E-state index in [0.29, 0.717) is 18.2 Å². The van der Waals surface area contributed by atoms with E-state index in [1.165, 1.54) is 0 Å². The van der Waals surface area contributed by atoms with Gasteiger partial charge < -0.3 is 0 Å². The van der Waals surface area contributed by atoms with Gasteiger partial charge in [0.1, 0.15) is 0 Å². The van der Waals surface area contributed by atoms with Gasteiger partial charge in [-0.1, -0.05) is 0 Å². The lowest BCUT2D eigenvalue weighted by Crippen LogP contribution is -2.05. The molecule has 1 rings (SSSR count). The SMILES string of the molecule is [N-]=[N+]=NS(=O)(=O)c1cc(S(=O)(=O)N=[N+]=[N-])cc(S(=O)(=O)N=[N+]=[N-])c1. The maximum absolute atomic E-state index is 11.7. The first-order valence-electron chi connectivity index (χ1n) is 5.09. The molecule has 0 saturated carbocycles. The van der Waals surface area contributed by atoms with Gasteiger partial charge in [0.15, 0.2) is 0 Å². The standard InChI is InChI=1S/C6H3N9O6S3/c7-10-13-22(16,17)4-1-5(23(18,19)14-11-8)3-6(2-4)24(20,21)15-12-9/h1-3H. The molecule has 1 aromatic carbocycles. The zero-order valence-corrected chi connectivity index (χ0v) is 13.4. The van der Waals surface area contributed by atoms with Crippen LogP contribution < -0.4 is 0 Å². The summed E-state index contributed by atoms with van der Waals surface area (Å²) in [6.07, 6.45) is 0. The highest BCUT2D eigenvalue weighted by molar-refractivity contribution is 7.91. The van der Waals surface area contributed by atoms with E-state index in [2.05, 4.69) is 13.6 Å². The molecule has 0 saturated heterocycles. The zero-order valence-electron chi connectivity index (χ0n) is 10.9. The smallest absolute Gasteiger partial charge is 0.216 e. The van der Waals surface area contributed by atoms with Crippen LogP contribution in [-0.2, 0) is 30.1 Å². The predicted molar refractivity (Wildman–Crippen MR) is 75.4 cm³/mol. The molecular weight excluding hydrogens is 390 g/mol. The van der Waals surface area contributed by atoms with Gasteiger partial charge in [0.05, 0.1) is 14.7 Å². The summed E-state index contributed by atoms with van der Waals surface area (Å²) < 4.78 is 77.4. The Hall–Kier alpha value is -3.00. The maximum atomic E-state index is 11.7. The molecule has 0 spiro atoms. The second-order valence-corrected chi connectivity index (χ2v) is 8.33. The van der Waals surface area contributed by atoms with E-state index in [4.69, 9.17) is 16.6 Å². The molecular formula is C6H3N9O6S3. The van der Waals surface area contributed by atoms with E-state index >= 15 is 0 Å². The molecule has 24 heavy (non-hydrogen) atoms. The molecule has 0 aliphatic rings. The summed E-state index contributed by atoms with van der Waals surface area (Å²) in [5.41, 5.74) is 24.6. The van der Waals surface area contributed by atoms with Crippen molar-refractivity contribution in [2.75, 3.05) is 0 Å². The molecule has 18 heteroatoms. The summed E-state index contributed by atoms with van der Waals surface area (Å²) in [5, 5.41) is 0. The van der Waals surface area contributed by atoms with Gasteiger partial charge >= 0.3 is 0 Å². The van der Waals surface area contributed by atoms with Gasteiger partial charge in [0.2, 0.25) is 0 Å². The summed E-state index contributed by atoms with van der Waals surface area (Å²) in [6.45, 7) is 0. The molecule has 0 amide bonds. The number of rotatable bonds is 6. The van der Waals surface area contributed by atoms with Crippen LogP contribution in [0.4, 0.5) is 0 Å².